The maximum absolute atomic E-state index is 10.1. The lowest BCUT2D eigenvalue weighted by Gasteiger charge is -1.96. The Morgan fingerprint density at radius 2 is 1.92 bits per heavy atom. The Kier molecular flexibility index (Phi) is 3.50. The van der Waals surface area contributed by atoms with Gasteiger partial charge in [-0.05, 0) is 23.8 Å². The summed E-state index contributed by atoms with van der Waals surface area (Å²) in [4.78, 5) is 10.1. The molecule has 0 aliphatic rings. The van der Waals surface area contributed by atoms with Crippen LogP contribution in [-0.2, 0) is 4.79 Å². The minimum atomic E-state index is 0.685. The van der Waals surface area contributed by atoms with Crippen LogP contribution in [0.1, 0.15) is 5.56 Å². The summed E-state index contributed by atoms with van der Waals surface area (Å²) in [5.74, 6) is 0. The summed E-state index contributed by atoms with van der Waals surface area (Å²) in [6.45, 7) is 0. The number of rotatable bonds is 2. The van der Waals surface area contributed by atoms with Crippen molar-refractivity contribution in [1.82, 2.24) is 0 Å². The van der Waals surface area contributed by atoms with Crippen LogP contribution < -0.4 is 0 Å². The number of carbonyl (C=O) groups is 1. The first kappa shape index (κ1) is 9.49. The molecule has 0 saturated carbocycles. The Morgan fingerprint density at radius 3 is 2.42 bits per heavy atom. The third-order valence-corrected chi connectivity index (χ3v) is 2.31. The highest BCUT2D eigenvalue weighted by Gasteiger charge is 1.95. The van der Waals surface area contributed by atoms with Crippen molar-refractivity contribution in [2.24, 2.45) is 0 Å². The zero-order chi connectivity index (χ0) is 8.97. The summed E-state index contributed by atoms with van der Waals surface area (Å²) in [5, 5.41) is 0.685. The first-order valence-corrected chi connectivity index (χ1v) is 4.48. The van der Waals surface area contributed by atoms with Crippen molar-refractivity contribution < 1.29 is 4.79 Å². The number of hydrogen-bond acceptors (Lipinski definition) is 1. The average Bonchev–Trinajstić information content (AvgIpc) is 2.06. The molecule has 1 nitrogen and oxygen atoms in total. The standard InChI is InChI=1S/C9H6BrClO/c10-9(5-6-12)7-1-3-8(11)4-2-7/h1-6H/b9-5+. The van der Waals surface area contributed by atoms with E-state index < -0.39 is 0 Å². The fourth-order valence-corrected chi connectivity index (χ4v) is 1.26. The fourth-order valence-electron chi connectivity index (χ4n) is 0.765. The van der Waals surface area contributed by atoms with Gasteiger partial charge in [0.2, 0.25) is 0 Å². The maximum Gasteiger partial charge on any atom is 0.143 e. The van der Waals surface area contributed by atoms with Crippen molar-refractivity contribution in [2.75, 3.05) is 0 Å². The molecular formula is C9H6BrClO. The van der Waals surface area contributed by atoms with Gasteiger partial charge in [0.1, 0.15) is 6.29 Å². The zero-order valence-corrected chi connectivity index (χ0v) is 8.47. The van der Waals surface area contributed by atoms with Crippen LogP contribution in [0.2, 0.25) is 5.02 Å². The Hall–Kier alpha value is -0.600. The smallest absolute Gasteiger partial charge is 0.143 e. The maximum atomic E-state index is 10.1. The van der Waals surface area contributed by atoms with Gasteiger partial charge in [-0.25, -0.2) is 0 Å². The van der Waals surface area contributed by atoms with E-state index >= 15 is 0 Å². The van der Waals surface area contributed by atoms with E-state index in [0.29, 0.717) is 5.02 Å². The number of halogens is 2. The van der Waals surface area contributed by atoms with E-state index in [1.165, 1.54) is 6.08 Å². The van der Waals surface area contributed by atoms with Crippen LogP contribution in [0.25, 0.3) is 4.48 Å². The van der Waals surface area contributed by atoms with Crippen LogP contribution in [0.4, 0.5) is 0 Å². The lowest BCUT2D eigenvalue weighted by atomic mass is 10.2. The third kappa shape index (κ3) is 2.47. The molecule has 0 aliphatic heterocycles. The van der Waals surface area contributed by atoms with E-state index in [1.54, 1.807) is 12.1 Å². The molecule has 0 N–H and O–H groups in total. The van der Waals surface area contributed by atoms with Gasteiger partial charge in [-0.2, -0.15) is 0 Å². The number of benzene rings is 1. The summed E-state index contributed by atoms with van der Waals surface area (Å²) in [5.41, 5.74) is 0.937. The van der Waals surface area contributed by atoms with Gasteiger partial charge in [0, 0.05) is 9.51 Å². The van der Waals surface area contributed by atoms with Gasteiger partial charge >= 0.3 is 0 Å². The molecule has 12 heavy (non-hydrogen) atoms. The van der Waals surface area contributed by atoms with Gasteiger partial charge in [-0.15, -0.1) is 0 Å². The molecule has 0 spiro atoms. The molecule has 0 unspecified atom stereocenters. The molecule has 0 radical (unpaired) electrons. The molecule has 0 heterocycles. The van der Waals surface area contributed by atoms with Crippen molar-refractivity contribution in [1.29, 1.82) is 0 Å². The van der Waals surface area contributed by atoms with E-state index in [0.717, 1.165) is 16.3 Å². The zero-order valence-electron chi connectivity index (χ0n) is 6.13. The molecule has 0 amide bonds. The molecule has 0 aromatic heterocycles. The predicted molar refractivity (Wildman–Crippen MR) is 54.4 cm³/mol. The van der Waals surface area contributed by atoms with Crippen LogP contribution in [-0.4, -0.2) is 6.29 Å². The Morgan fingerprint density at radius 1 is 1.33 bits per heavy atom. The SMILES string of the molecule is O=C/C=C(/Br)c1ccc(Cl)cc1. The van der Waals surface area contributed by atoms with Gasteiger partial charge in [0.25, 0.3) is 0 Å². The second-order valence-electron chi connectivity index (χ2n) is 2.16. The Labute approximate surface area is 84.2 Å². The summed E-state index contributed by atoms with van der Waals surface area (Å²) < 4.78 is 0.758. The van der Waals surface area contributed by atoms with Crippen LogP contribution >= 0.6 is 27.5 Å². The molecular weight excluding hydrogens is 239 g/mol. The van der Waals surface area contributed by atoms with Crippen molar-refractivity contribution >= 4 is 38.3 Å². The van der Waals surface area contributed by atoms with E-state index in [-0.39, 0.29) is 0 Å². The quantitative estimate of drug-likeness (QED) is 0.577. The second kappa shape index (κ2) is 4.43. The van der Waals surface area contributed by atoms with E-state index in [9.17, 15) is 4.79 Å². The minimum Gasteiger partial charge on any atom is -0.299 e. The molecule has 0 fully saturated rings. The molecule has 1 aromatic carbocycles. The molecule has 0 saturated heterocycles. The number of carbonyl (C=O) groups excluding carboxylic acids is 1. The minimum absolute atomic E-state index is 0.685. The third-order valence-electron chi connectivity index (χ3n) is 1.33. The second-order valence-corrected chi connectivity index (χ2v) is 3.45. The highest BCUT2D eigenvalue weighted by atomic mass is 79.9. The topological polar surface area (TPSA) is 17.1 Å². The molecule has 3 heteroatoms. The molecule has 62 valence electrons. The Balaban J connectivity index is 2.97. The highest BCUT2D eigenvalue weighted by molar-refractivity contribution is 9.15. The van der Waals surface area contributed by atoms with E-state index in [4.69, 9.17) is 11.6 Å². The number of hydrogen-bond donors (Lipinski definition) is 0. The van der Waals surface area contributed by atoms with Crippen LogP contribution in [0.3, 0.4) is 0 Å². The summed E-state index contributed by atoms with van der Waals surface area (Å²) in [7, 11) is 0. The van der Waals surface area contributed by atoms with Crippen LogP contribution in [0.15, 0.2) is 30.3 Å². The van der Waals surface area contributed by atoms with Crippen LogP contribution in [0.5, 0.6) is 0 Å². The van der Waals surface area contributed by atoms with Gasteiger partial charge in [0.15, 0.2) is 0 Å². The average molecular weight is 246 g/mol. The number of allylic oxidation sites excluding steroid dienone is 1. The summed E-state index contributed by atoms with van der Waals surface area (Å²) in [6, 6.07) is 7.23. The van der Waals surface area contributed by atoms with E-state index in [2.05, 4.69) is 15.9 Å². The number of aldehydes is 1. The lowest BCUT2D eigenvalue weighted by molar-refractivity contribution is -0.104. The first-order chi connectivity index (χ1) is 5.74. The van der Waals surface area contributed by atoms with Crippen molar-refractivity contribution in [3.05, 3.63) is 40.9 Å². The molecule has 1 aromatic rings. The van der Waals surface area contributed by atoms with Gasteiger partial charge < -0.3 is 0 Å². The molecule has 0 aliphatic carbocycles. The summed E-state index contributed by atoms with van der Waals surface area (Å²) in [6.07, 6.45) is 2.18. The van der Waals surface area contributed by atoms with Gasteiger partial charge in [-0.3, -0.25) is 4.79 Å². The molecule has 0 bridgehead atoms. The van der Waals surface area contributed by atoms with Gasteiger partial charge in [-0.1, -0.05) is 39.7 Å². The van der Waals surface area contributed by atoms with Crippen LogP contribution in [0, 0.1) is 0 Å². The van der Waals surface area contributed by atoms with Gasteiger partial charge in [0.05, 0.1) is 0 Å². The largest absolute Gasteiger partial charge is 0.299 e. The monoisotopic (exact) mass is 244 g/mol. The first-order valence-electron chi connectivity index (χ1n) is 3.31. The fraction of sp³-hybridized carbons (Fsp3) is 0. The molecule has 1 rings (SSSR count). The predicted octanol–water partition coefficient (Wildman–Crippen LogP) is 3.27. The Bertz CT molecular complexity index is 303. The molecule has 0 atom stereocenters. The normalized spacial score (nSPS) is 11.3. The van der Waals surface area contributed by atoms with Crippen molar-refractivity contribution in [2.45, 2.75) is 0 Å². The van der Waals surface area contributed by atoms with E-state index in [1.807, 2.05) is 12.1 Å². The van der Waals surface area contributed by atoms with Crippen molar-refractivity contribution in [3.8, 4) is 0 Å². The van der Waals surface area contributed by atoms with Crippen molar-refractivity contribution in [3.63, 3.8) is 0 Å². The lowest BCUT2D eigenvalue weighted by Crippen LogP contribution is -1.75. The summed E-state index contributed by atoms with van der Waals surface area (Å²) >= 11 is 8.95. The highest BCUT2D eigenvalue weighted by Crippen LogP contribution is 2.21.